The fraction of sp³-hybridized carbons (Fsp3) is 0.381. The van der Waals surface area contributed by atoms with Crippen LogP contribution in [0.5, 0.6) is 0 Å². The molecule has 30 heavy (non-hydrogen) atoms. The van der Waals surface area contributed by atoms with Crippen LogP contribution in [0.2, 0.25) is 0 Å². The van der Waals surface area contributed by atoms with Gasteiger partial charge in [0, 0.05) is 48.9 Å². The zero-order chi connectivity index (χ0) is 20.9. The van der Waals surface area contributed by atoms with Crippen molar-refractivity contribution in [3.05, 3.63) is 51.6 Å². The summed E-state index contributed by atoms with van der Waals surface area (Å²) in [4.78, 5) is 47.3. The molecule has 0 aliphatic heterocycles. The number of hydrogen-bond donors (Lipinski definition) is 2. The van der Waals surface area contributed by atoms with Gasteiger partial charge in [-0.05, 0) is 43.4 Å². The number of carbonyl (C=O) groups excluding carboxylic acids is 2. The molecule has 0 fully saturated rings. The molecule has 0 atom stereocenters. The first-order valence-corrected chi connectivity index (χ1v) is 10.9. The highest BCUT2D eigenvalue weighted by molar-refractivity contribution is 7.18. The van der Waals surface area contributed by atoms with Crippen molar-refractivity contribution in [1.29, 1.82) is 0 Å². The van der Waals surface area contributed by atoms with E-state index in [4.69, 9.17) is 0 Å². The highest BCUT2D eigenvalue weighted by Crippen LogP contribution is 2.33. The van der Waals surface area contributed by atoms with Crippen molar-refractivity contribution in [2.75, 3.05) is 11.9 Å². The number of aromatic nitrogens is 3. The zero-order valence-electron chi connectivity index (χ0n) is 16.5. The van der Waals surface area contributed by atoms with Gasteiger partial charge >= 0.3 is 0 Å². The van der Waals surface area contributed by atoms with Gasteiger partial charge in [-0.2, -0.15) is 0 Å². The molecule has 156 valence electrons. The maximum absolute atomic E-state index is 12.9. The van der Waals surface area contributed by atoms with Crippen molar-refractivity contribution in [3.63, 3.8) is 0 Å². The van der Waals surface area contributed by atoms with Gasteiger partial charge in [0.2, 0.25) is 11.8 Å². The van der Waals surface area contributed by atoms with Gasteiger partial charge < -0.3 is 10.6 Å². The van der Waals surface area contributed by atoms with Crippen LogP contribution in [0.4, 0.5) is 5.69 Å². The molecular formula is C21H23N5O3S. The van der Waals surface area contributed by atoms with Crippen molar-refractivity contribution >= 4 is 39.1 Å². The lowest BCUT2D eigenvalue weighted by atomic mass is 9.97. The Morgan fingerprint density at radius 3 is 2.73 bits per heavy atom. The first-order valence-electron chi connectivity index (χ1n) is 10.1. The summed E-state index contributed by atoms with van der Waals surface area (Å²) in [6.45, 7) is 0.501. The molecule has 0 saturated heterocycles. The summed E-state index contributed by atoms with van der Waals surface area (Å²) in [5.41, 5.74) is 1.75. The van der Waals surface area contributed by atoms with Crippen LogP contribution in [-0.2, 0) is 29.0 Å². The van der Waals surface area contributed by atoms with Gasteiger partial charge in [0.15, 0.2) is 0 Å². The molecule has 4 rings (SSSR count). The maximum atomic E-state index is 12.9. The highest BCUT2D eigenvalue weighted by Gasteiger charge is 2.20. The molecule has 0 aromatic carbocycles. The molecule has 0 radical (unpaired) electrons. The van der Waals surface area contributed by atoms with Gasteiger partial charge in [-0.3, -0.25) is 23.9 Å². The van der Waals surface area contributed by atoms with E-state index in [-0.39, 0.29) is 43.3 Å². The Bertz CT molecular complexity index is 1120. The molecule has 1 aliphatic carbocycles. The normalized spacial score (nSPS) is 13.1. The number of amides is 2. The summed E-state index contributed by atoms with van der Waals surface area (Å²) in [5, 5.41) is 6.19. The second-order valence-corrected chi connectivity index (χ2v) is 8.35. The summed E-state index contributed by atoms with van der Waals surface area (Å²) < 4.78 is 1.51. The molecule has 0 bridgehead atoms. The fourth-order valence-electron chi connectivity index (χ4n) is 3.62. The van der Waals surface area contributed by atoms with E-state index in [0.717, 1.165) is 41.5 Å². The summed E-state index contributed by atoms with van der Waals surface area (Å²) in [6.07, 6.45) is 9.26. The lowest BCUT2D eigenvalue weighted by molar-refractivity contribution is -0.121. The van der Waals surface area contributed by atoms with E-state index in [9.17, 15) is 14.4 Å². The molecule has 1 aliphatic rings. The number of hydrogen-bond acceptors (Lipinski definition) is 6. The van der Waals surface area contributed by atoms with Gasteiger partial charge in [-0.25, -0.2) is 4.98 Å². The van der Waals surface area contributed by atoms with Crippen LogP contribution in [0.15, 0.2) is 35.6 Å². The van der Waals surface area contributed by atoms with Gasteiger partial charge in [0.05, 0.1) is 11.7 Å². The van der Waals surface area contributed by atoms with Gasteiger partial charge in [-0.1, -0.05) is 0 Å². The van der Waals surface area contributed by atoms with Crippen molar-refractivity contribution < 1.29 is 9.59 Å². The van der Waals surface area contributed by atoms with E-state index in [0.29, 0.717) is 5.69 Å². The zero-order valence-corrected chi connectivity index (χ0v) is 17.3. The third-order valence-corrected chi connectivity index (χ3v) is 6.36. The number of fused-ring (bicyclic) bond motifs is 3. The average Bonchev–Trinajstić information content (AvgIpc) is 3.13. The van der Waals surface area contributed by atoms with Crippen LogP contribution in [0.3, 0.4) is 0 Å². The highest BCUT2D eigenvalue weighted by atomic mass is 32.1. The average molecular weight is 426 g/mol. The van der Waals surface area contributed by atoms with Gasteiger partial charge in [-0.15, -0.1) is 11.3 Å². The first kappa shape index (κ1) is 20.2. The Balaban J connectivity index is 1.29. The number of carbonyl (C=O) groups is 2. The second kappa shape index (κ2) is 9.17. The summed E-state index contributed by atoms with van der Waals surface area (Å²) >= 11 is 1.62. The van der Waals surface area contributed by atoms with Crippen LogP contribution in [-0.4, -0.2) is 32.9 Å². The van der Waals surface area contributed by atoms with E-state index in [2.05, 4.69) is 20.6 Å². The lowest BCUT2D eigenvalue weighted by Gasteiger charge is -2.10. The molecule has 0 spiro atoms. The molecule has 3 aromatic heterocycles. The smallest absolute Gasteiger partial charge is 0.262 e. The Labute approximate surface area is 177 Å². The minimum Gasteiger partial charge on any atom is -0.356 e. The maximum Gasteiger partial charge on any atom is 0.262 e. The second-order valence-electron chi connectivity index (χ2n) is 7.27. The third kappa shape index (κ3) is 4.56. The third-order valence-electron chi connectivity index (χ3n) is 5.16. The quantitative estimate of drug-likeness (QED) is 0.604. The number of thiophene rings is 1. The molecule has 9 heteroatoms. The van der Waals surface area contributed by atoms with Crippen molar-refractivity contribution in [1.82, 2.24) is 19.9 Å². The van der Waals surface area contributed by atoms with Gasteiger partial charge in [0.25, 0.3) is 5.56 Å². The van der Waals surface area contributed by atoms with Crippen LogP contribution in [0, 0.1) is 0 Å². The molecule has 3 aromatic rings. The Morgan fingerprint density at radius 2 is 1.90 bits per heavy atom. The number of nitrogens with zero attached hydrogens (tertiary/aromatic N) is 3. The minimum atomic E-state index is -0.203. The van der Waals surface area contributed by atoms with E-state index < -0.39 is 0 Å². The number of pyridine rings is 1. The van der Waals surface area contributed by atoms with Crippen LogP contribution < -0.4 is 16.2 Å². The fourth-order valence-corrected chi connectivity index (χ4v) is 4.84. The van der Waals surface area contributed by atoms with Crippen molar-refractivity contribution in [3.8, 4) is 0 Å². The minimum absolute atomic E-state index is 0.0658. The first-order chi connectivity index (χ1) is 14.6. The van der Waals surface area contributed by atoms with E-state index in [1.165, 1.54) is 15.8 Å². The predicted octanol–water partition coefficient (Wildman–Crippen LogP) is 2.27. The number of anilines is 1. The Kier molecular flexibility index (Phi) is 6.18. The summed E-state index contributed by atoms with van der Waals surface area (Å²) in [5.74, 6) is -0.388. The largest absolute Gasteiger partial charge is 0.356 e. The molecule has 2 N–H and O–H groups in total. The standard InChI is InChI=1S/C21H23N5O3S/c27-17(23-11-7-18(28)25-14-5-9-22-10-6-14)8-12-26-13-24-20-19(21(26)29)15-3-1-2-4-16(15)30-20/h5-6,9-10,13H,1-4,7-8,11-12H2,(H,23,27)(H,22,25,28). The van der Waals surface area contributed by atoms with Crippen LogP contribution in [0.25, 0.3) is 10.2 Å². The summed E-state index contributed by atoms with van der Waals surface area (Å²) in [7, 11) is 0. The monoisotopic (exact) mass is 425 g/mol. The number of aryl methyl sites for hydroxylation is 3. The van der Waals surface area contributed by atoms with Crippen LogP contribution in [0.1, 0.15) is 36.1 Å². The molecule has 0 saturated carbocycles. The molecule has 8 nitrogen and oxygen atoms in total. The number of rotatable bonds is 7. The lowest BCUT2D eigenvalue weighted by Crippen LogP contribution is -2.30. The molecular weight excluding hydrogens is 402 g/mol. The van der Waals surface area contributed by atoms with E-state index in [1.807, 2.05) is 0 Å². The Hall–Kier alpha value is -3.07. The van der Waals surface area contributed by atoms with Crippen LogP contribution >= 0.6 is 11.3 Å². The SMILES string of the molecule is O=C(CCn1cnc2sc3c(c2c1=O)CCCC3)NCCC(=O)Nc1ccncc1. The van der Waals surface area contributed by atoms with Gasteiger partial charge in [0.1, 0.15) is 4.83 Å². The molecule has 3 heterocycles. The van der Waals surface area contributed by atoms with E-state index >= 15 is 0 Å². The molecule has 2 amide bonds. The van der Waals surface area contributed by atoms with E-state index in [1.54, 1.807) is 35.9 Å². The van der Waals surface area contributed by atoms with Crippen molar-refractivity contribution in [2.24, 2.45) is 0 Å². The molecule has 0 unspecified atom stereocenters. The topological polar surface area (TPSA) is 106 Å². The predicted molar refractivity (Wildman–Crippen MR) is 116 cm³/mol. The van der Waals surface area contributed by atoms with Crippen molar-refractivity contribution in [2.45, 2.75) is 45.1 Å². The summed E-state index contributed by atoms with van der Waals surface area (Å²) in [6, 6.07) is 3.40. The number of nitrogens with one attached hydrogen (secondary N) is 2. The Morgan fingerprint density at radius 1 is 1.10 bits per heavy atom.